The van der Waals surface area contributed by atoms with E-state index in [1.807, 2.05) is 0 Å². The molecule has 0 spiro atoms. The molecule has 1 atom stereocenters. The van der Waals surface area contributed by atoms with Gasteiger partial charge >= 0.3 is 5.97 Å². The second kappa shape index (κ2) is 5.52. The molecule has 1 aromatic carbocycles. The highest BCUT2D eigenvalue weighted by Gasteiger charge is 2.28. The Morgan fingerprint density at radius 2 is 2.16 bits per heavy atom. The van der Waals surface area contributed by atoms with Crippen LogP contribution in [0.3, 0.4) is 0 Å². The first-order valence-corrected chi connectivity index (χ1v) is 6.07. The van der Waals surface area contributed by atoms with Crippen molar-refractivity contribution >= 4 is 5.97 Å². The van der Waals surface area contributed by atoms with Crippen molar-refractivity contribution < 1.29 is 23.4 Å². The molecule has 0 radical (unpaired) electrons. The molecular formula is C13H15F2NO3. The summed E-state index contributed by atoms with van der Waals surface area (Å²) in [5.74, 6) is -3.98. The van der Waals surface area contributed by atoms with E-state index in [4.69, 9.17) is 15.6 Å². The van der Waals surface area contributed by atoms with Crippen LogP contribution < -0.4 is 10.5 Å². The normalized spacial score (nSPS) is 16.2. The third-order valence-corrected chi connectivity index (χ3v) is 3.11. The fraction of sp³-hybridized carbons (Fsp3) is 0.462. The zero-order valence-corrected chi connectivity index (χ0v) is 10.2. The number of aliphatic carboxylic acids is 1. The standard InChI is InChI=1S/C13H15F2NO3/c14-8-3-9(10(5-16)13(17)18)12(11(15)4-8)19-6-7-1-2-7/h3-4,7,10H,1-2,5-6,16H2,(H,17,18). The Morgan fingerprint density at radius 1 is 1.47 bits per heavy atom. The molecule has 2 rings (SSSR count). The van der Waals surface area contributed by atoms with Gasteiger partial charge < -0.3 is 15.6 Å². The summed E-state index contributed by atoms with van der Waals surface area (Å²) in [7, 11) is 0. The van der Waals surface area contributed by atoms with Crippen molar-refractivity contribution in [2.24, 2.45) is 11.7 Å². The van der Waals surface area contributed by atoms with Gasteiger partial charge in [-0.25, -0.2) is 8.78 Å². The number of carboxylic acid groups (broad SMARTS) is 1. The lowest BCUT2D eigenvalue weighted by atomic mass is 9.98. The molecule has 0 saturated heterocycles. The van der Waals surface area contributed by atoms with E-state index in [-0.39, 0.29) is 17.9 Å². The van der Waals surface area contributed by atoms with E-state index >= 15 is 0 Å². The minimum atomic E-state index is -1.23. The van der Waals surface area contributed by atoms with E-state index < -0.39 is 23.5 Å². The number of ether oxygens (including phenoxy) is 1. The van der Waals surface area contributed by atoms with Crippen LogP contribution in [0.25, 0.3) is 0 Å². The molecule has 104 valence electrons. The Hall–Kier alpha value is -1.69. The molecule has 1 saturated carbocycles. The first-order chi connectivity index (χ1) is 9.02. The first-order valence-electron chi connectivity index (χ1n) is 6.07. The van der Waals surface area contributed by atoms with E-state index in [2.05, 4.69) is 0 Å². The molecule has 4 nitrogen and oxygen atoms in total. The van der Waals surface area contributed by atoms with Crippen LogP contribution >= 0.6 is 0 Å². The molecule has 3 N–H and O–H groups in total. The largest absolute Gasteiger partial charge is 0.490 e. The molecule has 1 aliphatic rings. The third kappa shape index (κ3) is 3.20. The van der Waals surface area contributed by atoms with Crippen molar-refractivity contribution in [1.29, 1.82) is 0 Å². The van der Waals surface area contributed by atoms with Crippen molar-refractivity contribution in [2.75, 3.05) is 13.2 Å². The molecular weight excluding hydrogens is 256 g/mol. The van der Waals surface area contributed by atoms with E-state index in [1.54, 1.807) is 0 Å². The van der Waals surface area contributed by atoms with Gasteiger partial charge in [0.15, 0.2) is 11.6 Å². The predicted octanol–water partition coefficient (Wildman–Crippen LogP) is 1.88. The summed E-state index contributed by atoms with van der Waals surface area (Å²) in [5, 5.41) is 9.04. The maximum atomic E-state index is 13.7. The van der Waals surface area contributed by atoms with Crippen LogP contribution in [0.4, 0.5) is 8.78 Å². The summed E-state index contributed by atoms with van der Waals surface area (Å²) in [4.78, 5) is 11.1. The van der Waals surface area contributed by atoms with Gasteiger partial charge in [-0.1, -0.05) is 0 Å². The highest BCUT2D eigenvalue weighted by molar-refractivity contribution is 5.77. The van der Waals surface area contributed by atoms with E-state index in [9.17, 15) is 13.6 Å². The maximum Gasteiger partial charge on any atom is 0.312 e. The van der Waals surface area contributed by atoms with Crippen LogP contribution in [0, 0.1) is 17.6 Å². The van der Waals surface area contributed by atoms with Gasteiger partial charge in [-0.2, -0.15) is 0 Å². The van der Waals surface area contributed by atoms with Crippen molar-refractivity contribution in [3.63, 3.8) is 0 Å². The molecule has 0 bridgehead atoms. The molecule has 0 aromatic heterocycles. The molecule has 6 heteroatoms. The smallest absolute Gasteiger partial charge is 0.312 e. The van der Waals surface area contributed by atoms with Gasteiger partial charge in [0.25, 0.3) is 0 Å². The monoisotopic (exact) mass is 271 g/mol. The van der Waals surface area contributed by atoms with E-state index in [1.165, 1.54) is 0 Å². The maximum absolute atomic E-state index is 13.7. The summed E-state index contributed by atoms with van der Waals surface area (Å²) < 4.78 is 32.3. The zero-order chi connectivity index (χ0) is 14.0. The van der Waals surface area contributed by atoms with Gasteiger partial charge in [0.1, 0.15) is 5.82 Å². The quantitative estimate of drug-likeness (QED) is 0.828. The SMILES string of the molecule is NCC(C(=O)O)c1cc(F)cc(F)c1OCC1CC1. The van der Waals surface area contributed by atoms with Gasteiger partial charge in [-0.05, 0) is 24.8 Å². The second-order valence-electron chi connectivity index (χ2n) is 4.69. The zero-order valence-electron chi connectivity index (χ0n) is 10.2. The number of benzene rings is 1. The van der Waals surface area contributed by atoms with Crippen LogP contribution in [0.2, 0.25) is 0 Å². The second-order valence-corrected chi connectivity index (χ2v) is 4.69. The number of halogens is 2. The van der Waals surface area contributed by atoms with Gasteiger partial charge in [0.05, 0.1) is 12.5 Å². The van der Waals surface area contributed by atoms with E-state index in [0.717, 1.165) is 18.9 Å². The summed E-state index contributed by atoms with van der Waals surface area (Å²) >= 11 is 0. The molecule has 1 aliphatic carbocycles. The average Bonchev–Trinajstić information content (AvgIpc) is 3.12. The fourth-order valence-electron chi connectivity index (χ4n) is 1.84. The number of hydrogen-bond donors (Lipinski definition) is 2. The van der Waals surface area contributed by atoms with Crippen molar-refractivity contribution in [3.05, 3.63) is 29.3 Å². The van der Waals surface area contributed by atoms with Crippen LogP contribution in [0.15, 0.2) is 12.1 Å². The number of nitrogens with two attached hydrogens (primary N) is 1. The lowest BCUT2D eigenvalue weighted by Crippen LogP contribution is -2.22. The predicted molar refractivity (Wildman–Crippen MR) is 64.0 cm³/mol. The Morgan fingerprint density at radius 3 is 2.68 bits per heavy atom. The molecule has 1 aromatic rings. The number of hydrogen-bond acceptors (Lipinski definition) is 3. The first kappa shape index (κ1) is 13.7. The third-order valence-electron chi connectivity index (χ3n) is 3.11. The Kier molecular flexibility index (Phi) is 3.99. The van der Waals surface area contributed by atoms with Crippen LogP contribution in [-0.4, -0.2) is 24.2 Å². The molecule has 1 fully saturated rings. The number of carbonyl (C=O) groups is 1. The van der Waals surface area contributed by atoms with Crippen molar-refractivity contribution in [2.45, 2.75) is 18.8 Å². The van der Waals surface area contributed by atoms with Gasteiger partial charge in [-0.3, -0.25) is 4.79 Å². The summed E-state index contributed by atoms with van der Waals surface area (Å²) in [6.07, 6.45) is 2.02. The summed E-state index contributed by atoms with van der Waals surface area (Å²) in [5.41, 5.74) is 5.31. The van der Waals surface area contributed by atoms with Crippen LogP contribution in [0.1, 0.15) is 24.3 Å². The van der Waals surface area contributed by atoms with Crippen LogP contribution in [-0.2, 0) is 4.79 Å². The molecule has 0 amide bonds. The lowest BCUT2D eigenvalue weighted by Gasteiger charge is -2.16. The number of rotatable bonds is 6. The van der Waals surface area contributed by atoms with Crippen LogP contribution in [0.5, 0.6) is 5.75 Å². The van der Waals surface area contributed by atoms with Crippen molar-refractivity contribution in [3.8, 4) is 5.75 Å². The molecule has 19 heavy (non-hydrogen) atoms. The minimum absolute atomic E-state index is 0.0480. The lowest BCUT2D eigenvalue weighted by molar-refractivity contribution is -0.138. The molecule has 0 heterocycles. The minimum Gasteiger partial charge on any atom is -0.490 e. The molecule has 0 aliphatic heterocycles. The Bertz CT molecular complexity index is 489. The molecule has 1 unspecified atom stereocenters. The van der Waals surface area contributed by atoms with Gasteiger partial charge in [0, 0.05) is 18.2 Å². The summed E-state index contributed by atoms with van der Waals surface area (Å²) in [6, 6.07) is 1.65. The van der Waals surface area contributed by atoms with Gasteiger partial charge in [0.2, 0.25) is 0 Å². The highest BCUT2D eigenvalue weighted by atomic mass is 19.1. The van der Waals surface area contributed by atoms with Gasteiger partial charge in [-0.15, -0.1) is 0 Å². The Labute approximate surface area is 109 Å². The Balaban J connectivity index is 2.33. The topological polar surface area (TPSA) is 72.6 Å². The van der Waals surface area contributed by atoms with E-state index in [0.29, 0.717) is 18.6 Å². The highest BCUT2D eigenvalue weighted by Crippen LogP contribution is 2.34. The number of carboxylic acids is 1. The average molecular weight is 271 g/mol. The summed E-state index contributed by atoms with van der Waals surface area (Å²) in [6.45, 7) is 0.0600. The fourth-order valence-corrected chi connectivity index (χ4v) is 1.84. The van der Waals surface area contributed by atoms with Crippen molar-refractivity contribution in [1.82, 2.24) is 0 Å².